The first-order valence-corrected chi connectivity index (χ1v) is 7.07. The minimum absolute atomic E-state index is 0.905. The number of rotatable bonds is 6. The summed E-state index contributed by atoms with van der Waals surface area (Å²) in [5, 5.41) is 1.09. The lowest BCUT2D eigenvalue weighted by Crippen LogP contribution is -1.92. The van der Waals surface area contributed by atoms with Crippen LogP contribution >= 0.6 is 31.9 Å². The summed E-state index contributed by atoms with van der Waals surface area (Å²) in [5.74, 6) is 0. The van der Waals surface area contributed by atoms with E-state index in [2.05, 4.69) is 49.0 Å². The first-order chi connectivity index (χ1) is 7.34. The molecule has 3 heteroatoms. The Labute approximate surface area is 108 Å². The Morgan fingerprint density at radius 2 is 1.80 bits per heavy atom. The highest BCUT2D eigenvalue weighted by molar-refractivity contribution is 9.18. The van der Waals surface area contributed by atoms with Crippen molar-refractivity contribution in [1.29, 1.82) is 0 Å². The molecular formula is C12H15Br2N. The Morgan fingerprint density at radius 3 is 2.47 bits per heavy atom. The van der Waals surface area contributed by atoms with Gasteiger partial charge in [-0.15, -0.1) is 0 Å². The zero-order valence-electron chi connectivity index (χ0n) is 8.63. The van der Waals surface area contributed by atoms with Crippen molar-refractivity contribution in [1.82, 2.24) is 0 Å². The van der Waals surface area contributed by atoms with Crippen molar-refractivity contribution < 1.29 is 0 Å². The zero-order valence-corrected chi connectivity index (χ0v) is 11.8. The summed E-state index contributed by atoms with van der Waals surface area (Å²) in [4.78, 5) is 4.48. The van der Waals surface area contributed by atoms with Gasteiger partial charge in [-0.3, -0.25) is 4.99 Å². The second-order valence-corrected chi connectivity index (χ2v) is 4.83. The van der Waals surface area contributed by atoms with Gasteiger partial charge in [0.15, 0.2) is 0 Å². The highest BCUT2D eigenvalue weighted by atomic mass is 79.9. The van der Waals surface area contributed by atoms with E-state index in [0.717, 1.165) is 28.5 Å². The Morgan fingerprint density at radius 1 is 1.07 bits per heavy atom. The molecule has 1 rings (SSSR count). The van der Waals surface area contributed by atoms with Crippen molar-refractivity contribution >= 4 is 36.5 Å². The molecule has 0 aliphatic carbocycles. The number of aliphatic imine (C=N–C) groups is 1. The van der Waals surface area contributed by atoms with Crippen LogP contribution in [-0.2, 0) is 0 Å². The third-order valence-corrected chi connectivity index (χ3v) is 3.32. The molecule has 1 aromatic carbocycles. The maximum Gasteiger partial charge on any atom is 0.107 e. The fraction of sp³-hybridized carbons (Fsp3) is 0.417. The van der Waals surface area contributed by atoms with E-state index in [0.29, 0.717) is 0 Å². The largest absolute Gasteiger partial charge is 0.277 e. The summed E-state index contributed by atoms with van der Waals surface area (Å²) in [7, 11) is 0. The quantitative estimate of drug-likeness (QED) is 0.416. The number of benzene rings is 1. The van der Waals surface area contributed by atoms with Crippen molar-refractivity contribution in [3.63, 3.8) is 0 Å². The first-order valence-electron chi connectivity index (χ1n) is 5.16. The van der Waals surface area contributed by atoms with Gasteiger partial charge < -0.3 is 0 Å². The van der Waals surface area contributed by atoms with Crippen LogP contribution in [0.4, 0.5) is 0 Å². The van der Waals surface area contributed by atoms with Crippen LogP contribution in [0, 0.1) is 0 Å². The van der Waals surface area contributed by atoms with E-state index in [1.54, 1.807) is 0 Å². The highest BCUT2D eigenvalue weighted by Crippen LogP contribution is 2.07. The molecule has 0 aromatic heterocycles. The maximum absolute atomic E-state index is 4.48. The molecule has 0 unspecified atom stereocenters. The molecule has 1 nitrogen and oxygen atoms in total. The average Bonchev–Trinajstić information content (AvgIpc) is 2.30. The molecule has 0 N–H and O–H groups in total. The molecule has 1 aromatic rings. The SMILES string of the molecule is BrCCCCCN=C(Br)c1ccccc1. The Hall–Kier alpha value is -0.150. The molecular weight excluding hydrogens is 318 g/mol. The standard InChI is InChI=1S/C12H15Br2N/c13-9-5-2-6-10-15-12(14)11-7-3-1-4-8-11/h1,3-4,7-8H,2,5-6,9-10H2. The molecule has 15 heavy (non-hydrogen) atoms. The zero-order chi connectivity index (χ0) is 10.9. The molecule has 0 spiro atoms. The maximum atomic E-state index is 4.48. The summed E-state index contributed by atoms with van der Waals surface area (Å²) >= 11 is 6.92. The van der Waals surface area contributed by atoms with Gasteiger partial charge in [0.2, 0.25) is 0 Å². The third kappa shape index (κ3) is 5.47. The number of unbranched alkanes of at least 4 members (excludes halogenated alkanes) is 2. The lowest BCUT2D eigenvalue weighted by molar-refractivity contribution is 0.736. The van der Waals surface area contributed by atoms with Crippen LogP contribution in [0.3, 0.4) is 0 Å². The molecule has 0 heterocycles. The summed E-state index contributed by atoms with van der Waals surface area (Å²) in [6.45, 7) is 0.905. The predicted molar refractivity (Wildman–Crippen MR) is 74.4 cm³/mol. The topological polar surface area (TPSA) is 12.4 Å². The number of hydrogen-bond donors (Lipinski definition) is 0. The molecule has 0 saturated heterocycles. The summed E-state index contributed by atoms with van der Waals surface area (Å²) in [5.41, 5.74) is 1.15. The molecule has 0 saturated carbocycles. The summed E-state index contributed by atoms with van der Waals surface area (Å²) < 4.78 is 0.960. The van der Waals surface area contributed by atoms with Crippen molar-refractivity contribution in [3.8, 4) is 0 Å². The normalized spacial score (nSPS) is 11.7. The van der Waals surface area contributed by atoms with Gasteiger partial charge in [0.05, 0.1) is 0 Å². The molecule has 0 aliphatic heterocycles. The molecule has 0 bridgehead atoms. The summed E-state index contributed by atoms with van der Waals surface area (Å²) in [6, 6.07) is 10.2. The number of hydrogen-bond acceptors (Lipinski definition) is 1. The van der Waals surface area contributed by atoms with E-state index in [9.17, 15) is 0 Å². The number of halogens is 2. The highest BCUT2D eigenvalue weighted by Gasteiger charge is 1.96. The van der Waals surface area contributed by atoms with E-state index < -0.39 is 0 Å². The van der Waals surface area contributed by atoms with Crippen LogP contribution in [0.25, 0.3) is 0 Å². The summed E-state index contributed by atoms with van der Waals surface area (Å²) in [6.07, 6.45) is 3.63. The second kappa shape index (κ2) is 8.05. The molecule has 0 fully saturated rings. The Balaban J connectivity index is 2.33. The van der Waals surface area contributed by atoms with Gasteiger partial charge >= 0.3 is 0 Å². The molecule has 0 aliphatic rings. The van der Waals surface area contributed by atoms with Gasteiger partial charge in [-0.2, -0.15) is 0 Å². The van der Waals surface area contributed by atoms with Gasteiger partial charge in [0.25, 0.3) is 0 Å². The van der Waals surface area contributed by atoms with Gasteiger partial charge in [0, 0.05) is 17.4 Å². The number of nitrogens with zero attached hydrogens (tertiary/aromatic N) is 1. The van der Waals surface area contributed by atoms with E-state index in [1.807, 2.05) is 18.2 Å². The van der Waals surface area contributed by atoms with Crippen molar-refractivity contribution in [2.75, 3.05) is 11.9 Å². The van der Waals surface area contributed by atoms with E-state index >= 15 is 0 Å². The van der Waals surface area contributed by atoms with Gasteiger partial charge in [-0.1, -0.05) is 52.7 Å². The smallest absolute Gasteiger partial charge is 0.107 e. The fourth-order valence-corrected chi connectivity index (χ4v) is 2.07. The Bertz CT molecular complexity index is 296. The van der Waals surface area contributed by atoms with Crippen LogP contribution in [0.5, 0.6) is 0 Å². The van der Waals surface area contributed by atoms with Crippen molar-refractivity contribution in [2.45, 2.75) is 19.3 Å². The van der Waals surface area contributed by atoms with Gasteiger partial charge in [-0.05, 0) is 28.8 Å². The van der Waals surface area contributed by atoms with E-state index in [-0.39, 0.29) is 0 Å². The minimum atomic E-state index is 0.905. The molecule has 0 atom stereocenters. The number of alkyl halides is 1. The average molecular weight is 333 g/mol. The molecule has 0 amide bonds. The first kappa shape index (κ1) is 12.9. The van der Waals surface area contributed by atoms with Crippen LogP contribution in [-0.4, -0.2) is 16.5 Å². The van der Waals surface area contributed by atoms with Crippen LogP contribution in [0.1, 0.15) is 24.8 Å². The van der Waals surface area contributed by atoms with Crippen molar-refractivity contribution in [2.24, 2.45) is 4.99 Å². The van der Waals surface area contributed by atoms with E-state index in [4.69, 9.17) is 0 Å². The minimum Gasteiger partial charge on any atom is -0.277 e. The predicted octanol–water partition coefficient (Wildman–Crippen LogP) is 4.39. The van der Waals surface area contributed by atoms with Gasteiger partial charge in [0.1, 0.15) is 4.62 Å². The monoisotopic (exact) mass is 331 g/mol. The van der Waals surface area contributed by atoms with Crippen LogP contribution in [0.15, 0.2) is 35.3 Å². The van der Waals surface area contributed by atoms with Crippen molar-refractivity contribution in [3.05, 3.63) is 35.9 Å². The van der Waals surface area contributed by atoms with Gasteiger partial charge in [-0.25, -0.2) is 0 Å². The van der Waals surface area contributed by atoms with E-state index in [1.165, 1.54) is 12.8 Å². The molecule has 0 radical (unpaired) electrons. The third-order valence-electron chi connectivity index (χ3n) is 2.05. The van der Waals surface area contributed by atoms with Crippen LogP contribution in [0.2, 0.25) is 0 Å². The Kier molecular flexibility index (Phi) is 6.94. The van der Waals surface area contributed by atoms with Crippen LogP contribution < -0.4 is 0 Å². The molecule has 82 valence electrons. The fourth-order valence-electron chi connectivity index (χ4n) is 1.23. The lowest BCUT2D eigenvalue weighted by Gasteiger charge is -1.99. The second-order valence-electron chi connectivity index (χ2n) is 3.29. The lowest BCUT2D eigenvalue weighted by atomic mass is 10.2.